The van der Waals surface area contributed by atoms with Gasteiger partial charge in [-0.3, -0.25) is 19.7 Å². The maximum absolute atomic E-state index is 14.1. The second-order valence-corrected chi connectivity index (χ2v) is 6.52. The van der Waals surface area contributed by atoms with Gasteiger partial charge in [0.2, 0.25) is 0 Å². The number of carbonyl (C=O) groups is 2. The van der Waals surface area contributed by atoms with Crippen molar-refractivity contribution in [2.45, 2.75) is 26.6 Å². The predicted molar refractivity (Wildman–Crippen MR) is 101 cm³/mol. The highest BCUT2D eigenvalue weighted by Gasteiger charge is 2.30. The monoisotopic (exact) mass is 442 g/mol. The second kappa shape index (κ2) is 9.54. The summed E-state index contributed by atoms with van der Waals surface area (Å²) >= 11 is 0. The molecule has 0 aromatic heterocycles. The Morgan fingerprint density at radius 1 is 1.16 bits per heavy atom. The molecule has 0 heterocycles. The number of benzene rings is 2. The minimum atomic E-state index is -4.54. The van der Waals surface area contributed by atoms with E-state index in [1.807, 2.05) is 0 Å². The molecule has 0 aliphatic rings. The van der Waals surface area contributed by atoms with Gasteiger partial charge in [0.1, 0.15) is 12.4 Å². The zero-order chi connectivity index (χ0) is 23.3. The van der Waals surface area contributed by atoms with Crippen LogP contribution in [0.3, 0.4) is 0 Å². The van der Waals surface area contributed by atoms with Crippen molar-refractivity contribution in [2.75, 3.05) is 13.2 Å². The van der Waals surface area contributed by atoms with Crippen LogP contribution in [-0.4, -0.2) is 34.9 Å². The van der Waals surface area contributed by atoms with Gasteiger partial charge in [0.05, 0.1) is 22.7 Å². The summed E-state index contributed by atoms with van der Waals surface area (Å²) in [5.41, 5.74) is -1.90. The van der Waals surface area contributed by atoms with Crippen LogP contribution < -0.4 is 0 Å². The third-order valence-corrected chi connectivity index (χ3v) is 4.33. The van der Waals surface area contributed by atoms with E-state index >= 15 is 0 Å². The Labute approximate surface area is 174 Å². The number of nitro groups is 1. The summed E-state index contributed by atoms with van der Waals surface area (Å²) in [4.78, 5) is 36.0. The van der Waals surface area contributed by atoms with Crippen LogP contribution in [0.15, 0.2) is 36.4 Å². The molecule has 31 heavy (non-hydrogen) atoms. The summed E-state index contributed by atoms with van der Waals surface area (Å²) in [5, 5.41) is 11.1. The normalized spacial score (nSPS) is 11.2. The average Bonchev–Trinajstić information content (AvgIpc) is 2.68. The minimum Gasteiger partial charge on any atom is -0.465 e. The lowest BCUT2D eigenvalue weighted by atomic mass is 10.1. The number of nitrogens with zero attached hydrogens (tertiary/aromatic N) is 2. The number of ether oxygens (including phenoxy) is 1. The molecule has 11 heteroatoms. The van der Waals surface area contributed by atoms with E-state index in [9.17, 15) is 37.3 Å². The predicted octanol–water partition coefficient (Wildman–Crippen LogP) is 4.27. The van der Waals surface area contributed by atoms with Crippen molar-refractivity contribution in [1.82, 2.24) is 4.90 Å². The molecule has 2 aromatic rings. The fourth-order valence-electron chi connectivity index (χ4n) is 2.74. The lowest BCUT2D eigenvalue weighted by molar-refractivity contribution is -0.385. The molecule has 0 aliphatic carbocycles. The van der Waals surface area contributed by atoms with Gasteiger partial charge in [0, 0.05) is 18.2 Å². The molecule has 0 saturated carbocycles. The Hall–Kier alpha value is -3.50. The molecule has 0 saturated heterocycles. The Morgan fingerprint density at radius 2 is 1.77 bits per heavy atom. The van der Waals surface area contributed by atoms with Crippen LogP contribution in [0.2, 0.25) is 0 Å². The SMILES string of the molecule is CCOC(=O)CN(Cc1ccc(C(F)(F)F)cc1)C(=O)c1cc(F)c(C)c([N+](=O)[O-])c1. The topological polar surface area (TPSA) is 89.8 Å². The van der Waals surface area contributed by atoms with Gasteiger partial charge < -0.3 is 9.64 Å². The van der Waals surface area contributed by atoms with E-state index in [4.69, 9.17) is 4.74 Å². The highest BCUT2D eigenvalue weighted by Crippen LogP contribution is 2.29. The summed E-state index contributed by atoms with van der Waals surface area (Å²) in [6.07, 6.45) is -4.54. The molecule has 0 bridgehead atoms. The van der Waals surface area contributed by atoms with E-state index in [0.29, 0.717) is 0 Å². The fourth-order valence-corrected chi connectivity index (χ4v) is 2.74. The molecule has 0 atom stereocenters. The standard InChI is InChI=1S/C20H18F4N2O5/c1-3-31-18(27)11-25(10-13-4-6-15(7-5-13)20(22,23)24)19(28)14-8-16(21)12(2)17(9-14)26(29)30/h4-9H,3,10-11H2,1-2H3. The number of nitro benzene ring substituents is 1. The number of alkyl halides is 3. The molecule has 166 valence electrons. The van der Waals surface area contributed by atoms with Crippen molar-refractivity contribution in [2.24, 2.45) is 0 Å². The largest absolute Gasteiger partial charge is 0.465 e. The van der Waals surface area contributed by atoms with Gasteiger partial charge in [0.25, 0.3) is 11.6 Å². The van der Waals surface area contributed by atoms with E-state index in [-0.39, 0.29) is 29.8 Å². The van der Waals surface area contributed by atoms with E-state index in [0.717, 1.165) is 41.3 Å². The first-order valence-corrected chi connectivity index (χ1v) is 8.99. The van der Waals surface area contributed by atoms with E-state index in [1.165, 1.54) is 6.92 Å². The van der Waals surface area contributed by atoms with Crippen molar-refractivity contribution in [3.8, 4) is 0 Å². The molecule has 0 radical (unpaired) electrons. The summed E-state index contributed by atoms with van der Waals surface area (Å²) in [6, 6.07) is 5.58. The number of carbonyl (C=O) groups excluding carboxylic acids is 2. The number of hydrogen-bond donors (Lipinski definition) is 0. The van der Waals surface area contributed by atoms with Crippen molar-refractivity contribution in [3.05, 3.63) is 74.6 Å². The molecule has 2 aromatic carbocycles. The summed E-state index contributed by atoms with van der Waals surface area (Å²) < 4.78 is 57.2. The van der Waals surface area contributed by atoms with Crippen molar-refractivity contribution in [3.63, 3.8) is 0 Å². The van der Waals surface area contributed by atoms with Gasteiger partial charge in [-0.1, -0.05) is 12.1 Å². The van der Waals surface area contributed by atoms with E-state index in [1.54, 1.807) is 6.92 Å². The first-order valence-electron chi connectivity index (χ1n) is 8.99. The number of rotatable bonds is 7. The second-order valence-electron chi connectivity index (χ2n) is 6.52. The fraction of sp³-hybridized carbons (Fsp3) is 0.300. The number of amides is 1. The third kappa shape index (κ3) is 6.00. The van der Waals surface area contributed by atoms with Crippen molar-refractivity contribution >= 4 is 17.6 Å². The number of esters is 1. The Balaban J connectivity index is 2.38. The number of hydrogen-bond acceptors (Lipinski definition) is 5. The molecule has 1 amide bonds. The van der Waals surface area contributed by atoms with Crippen LogP contribution >= 0.6 is 0 Å². The molecule has 0 unspecified atom stereocenters. The molecular formula is C20H18F4N2O5. The average molecular weight is 442 g/mol. The quantitative estimate of drug-likeness (QED) is 0.277. The minimum absolute atomic E-state index is 0.0196. The van der Waals surface area contributed by atoms with Gasteiger partial charge in [-0.15, -0.1) is 0 Å². The van der Waals surface area contributed by atoms with Gasteiger partial charge in [-0.05, 0) is 37.6 Å². The Kier molecular flexibility index (Phi) is 7.32. The lowest BCUT2D eigenvalue weighted by Gasteiger charge is -2.22. The molecule has 0 fully saturated rings. The maximum Gasteiger partial charge on any atom is 0.416 e. The van der Waals surface area contributed by atoms with Gasteiger partial charge in [0.15, 0.2) is 0 Å². The summed E-state index contributed by atoms with van der Waals surface area (Å²) in [6.45, 7) is 1.85. The first kappa shape index (κ1) is 23.8. The van der Waals surface area contributed by atoms with Gasteiger partial charge in [-0.2, -0.15) is 13.2 Å². The summed E-state index contributed by atoms with van der Waals surface area (Å²) in [5.74, 6) is -2.71. The van der Waals surface area contributed by atoms with Gasteiger partial charge in [-0.25, -0.2) is 4.39 Å². The lowest BCUT2D eigenvalue weighted by Crippen LogP contribution is -2.36. The first-order chi connectivity index (χ1) is 14.4. The Bertz CT molecular complexity index is 990. The van der Waals surface area contributed by atoms with Crippen LogP contribution in [-0.2, 0) is 22.3 Å². The van der Waals surface area contributed by atoms with E-state index in [2.05, 4.69) is 0 Å². The van der Waals surface area contributed by atoms with E-state index < -0.39 is 46.6 Å². The summed E-state index contributed by atoms with van der Waals surface area (Å²) in [7, 11) is 0. The third-order valence-electron chi connectivity index (χ3n) is 4.33. The van der Waals surface area contributed by atoms with Crippen molar-refractivity contribution in [1.29, 1.82) is 0 Å². The Morgan fingerprint density at radius 3 is 2.29 bits per heavy atom. The zero-order valence-electron chi connectivity index (χ0n) is 16.5. The molecule has 0 spiro atoms. The van der Waals surface area contributed by atoms with Crippen LogP contribution in [0.1, 0.15) is 34.0 Å². The smallest absolute Gasteiger partial charge is 0.416 e. The highest BCUT2D eigenvalue weighted by molar-refractivity contribution is 5.96. The molecular weight excluding hydrogens is 424 g/mol. The zero-order valence-corrected chi connectivity index (χ0v) is 16.5. The van der Waals surface area contributed by atoms with Gasteiger partial charge >= 0.3 is 12.1 Å². The van der Waals surface area contributed by atoms with Crippen LogP contribution in [0.4, 0.5) is 23.2 Å². The molecule has 0 N–H and O–H groups in total. The van der Waals surface area contributed by atoms with Crippen LogP contribution in [0, 0.1) is 22.9 Å². The number of halogens is 4. The molecule has 0 aliphatic heterocycles. The molecule has 7 nitrogen and oxygen atoms in total. The van der Waals surface area contributed by atoms with Crippen molar-refractivity contribution < 1.29 is 36.8 Å². The van der Waals surface area contributed by atoms with Crippen LogP contribution in [0.25, 0.3) is 0 Å². The highest BCUT2D eigenvalue weighted by atomic mass is 19.4. The van der Waals surface area contributed by atoms with Crippen LogP contribution in [0.5, 0.6) is 0 Å². The maximum atomic E-state index is 14.1. The molecule has 2 rings (SSSR count).